The number of allylic oxidation sites excluding steroid dienone is 14. The summed E-state index contributed by atoms with van der Waals surface area (Å²) in [5, 5.41) is 0. The van der Waals surface area contributed by atoms with Crippen LogP contribution in [-0.2, 0) is 28.6 Å². The summed E-state index contributed by atoms with van der Waals surface area (Å²) in [5.74, 6) is -0.921. The summed E-state index contributed by atoms with van der Waals surface area (Å²) in [7, 11) is 0. The van der Waals surface area contributed by atoms with E-state index in [4.69, 9.17) is 14.2 Å². The molecule has 0 unspecified atom stereocenters. The molecule has 6 heteroatoms. The van der Waals surface area contributed by atoms with E-state index in [2.05, 4.69) is 106 Å². The summed E-state index contributed by atoms with van der Waals surface area (Å²) in [6, 6.07) is 0. The lowest BCUT2D eigenvalue weighted by Crippen LogP contribution is -2.30. The van der Waals surface area contributed by atoms with Gasteiger partial charge in [0, 0.05) is 19.3 Å². The second kappa shape index (κ2) is 59.2. The van der Waals surface area contributed by atoms with Crippen LogP contribution in [0.15, 0.2) is 85.1 Å². The molecule has 0 N–H and O–H groups in total. The Kier molecular flexibility index (Phi) is 56.3. The van der Waals surface area contributed by atoms with Gasteiger partial charge in [-0.3, -0.25) is 14.4 Å². The van der Waals surface area contributed by atoms with Crippen molar-refractivity contribution in [3.63, 3.8) is 0 Å². The average Bonchev–Trinajstić information content (AvgIpc) is 3.37. The van der Waals surface area contributed by atoms with Crippen LogP contribution in [-0.4, -0.2) is 37.2 Å². The molecular weight excluding hydrogens is 877 g/mol. The van der Waals surface area contributed by atoms with Gasteiger partial charge in [-0.25, -0.2) is 0 Å². The number of hydrogen-bond acceptors (Lipinski definition) is 6. The first-order chi connectivity index (χ1) is 35.0. The van der Waals surface area contributed by atoms with Crippen molar-refractivity contribution in [1.82, 2.24) is 0 Å². The predicted molar refractivity (Wildman–Crippen MR) is 307 cm³/mol. The van der Waals surface area contributed by atoms with Gasteiger partial charge in [-0.1, -0.05) is 241 Å². The summed E-state index contributed by atoms with van der Waals surface area (Å²) in [6.45, 7) is 6.50. The highest BCUT2D eigenvalue weighted by Crippen LogP contribution is 2.15. The molecule has 0 aromatic rings. The molecule has 0 aliphatic heterocycles. The van der Waals surface area contributed by atoms with Gasteiger partial charge < -0.3 is 14.2 Å². The number of rotatable bonds is 54. The molecule has 0 amide bonds. The lowest BCUT2D eigenvalue weighted by Gasteiger charge is -2.18. The maximum atomic E-state index is 12.9. The zero-order chi connectivity index (χ0) is 51.4. The number of ether oxygens (including phenoxy) is 3. The van der Waals surface area contributed by atoms with Crippen molar-refractivity contribution >= 4 is 17.9 Å². The molecule has 0 rings (SSSR count). The standard InChI is InChI=1S/C65H112O6/c1-4-7-10-13-16-19-22-25-28-30-32-34-37-39-42-45-48-51-54-57-63(66)69-60-62(71-65(68)59-56-53-50-47-44-41-36-27-24-21-18-15-12-9-6-3)61-70-64(67)58-55-52-49-46-43-40-38-35-33-31-29-26-23-20-17-14-11-8-5-2/h7,10,16,19,21,24-26,28-29,32,34,39,42,62H,4-6,8-9,11-15,17-18,20,22-23,27,30-31,33,35-38,40-41,43-61H2,1-3H3/b10-7-,19-16-,24-21-,28-25-,29-26-,34-32-,42-39-/t62-/m1/s1. The number of carbonyl (C=O) groups excluding carboxylic acids is 3. The summed E-state index contributed by atoms with van der Waals surface area (Å²) >= 11 is 0. The van der Waals surface area contributed by atoms with Crippen molar-refractivity contribution in [2.45, 2.75) is 297 Å². The maximum Gasteiger partial charge on any atom is 0.306 e. The monoisotopic (exact) mass is 989 g/mol. The predicted octanol–water partition coefficient (Wildman–Crippen LogP) is 20.3. The van der Waals surface area contributed by atoms with Crippen LogP contribution in [0, 0.1) is 0 Å². The Morgan fingerprint density at radius 2 is 0.549 bits per heavy atom. The third-order valence-electron chi connectivity index (χ3n) is 12.9. The van der Waals surface area contributed by atoms with Gasteiger partial charge in [0.1, 0.15) is 13.2 Å². The first-order valence-corrected chi connectivity index (χ1v) is 30.1. The van der Waals surface area contributed by atoms with E-state index in [9.17, 15) is 14.4 Å². The van der Waals surface area contributed by atoms with Crippen molar-refractivity contribution < 1.29 is 28.6 Å². The summed E-state index contributed by atoms with van der Waals surface area (Å²) in [6.07, 6.45) is 77.2. The maximum absolute atomic E-state index is 12.9. The number of hydrogen-bond donors (Lipinski definition) is 0. The van der Waals surface area contributed by atoms with Crippen LogP contribution in [0.3, 0.4) is 0 Å². The molecule has 0 aromatic heterocycles. The van der Waals surface area contributed by atoms with E-state index in [0.29, 0.717) is 19.3 Å². The van der Waals surface area contributed by atoms with Crippen LogP contribution in [0.1, 0.15) is 290 Å². The highest BCUT2D eigenvalue weighted by atomic mass is 16.6. The topological polar surface area (TPSA) is 78.9 Å². The molecule has 71 heavy (non-hydrogen) atoms. The molecule has 0 aliphatic carbocycles. The minimum atomic E-state index is -0.794. The quantitative estimate of drug-likeness (QED) is 0.0261. The molecule has 0 fully saturated rings. The second-order valence-corrected chi connectivity index (χ2v) is 19.9. The molecule has 0 heterocycles. The van der Waals surface area contributed by atoms with Gasteiger partial charge in [0.15, 0.2) is 6.10 Å². The molecular formula is C65H112O6. The van der Waals surface area contributed by atoms with E-state index in [-0.39, 0.29) is 31.1 Å². The van der Waals surface area contributed by atoms with Crippen LogP contribution in [0.2, 0.25) is 0 Å². The molecule has 6 nitrogen and oxygen atoms in total. The van der Waals surface area contributed by atoms with Crippen LogP contribution >= 0.6 is 0 Å². The summed E-state index contributed by atoms with van der Waals surface area (Å²) < 4.78 is 16.9. The van der Waals surface area contributed by atoms with Gasteiger partial charge in [-0.2, -0.15) is 0 Å². The summed E-state index contributed by atoms with van der Waals surface area (Å²) in [5.41, 5.74) is 0. The minimum absolute atomic E-state index is 0.0892. The van der Waals surface area contributed by atoms with Crippen LogP contribution in [0.25, 0.3) is 0 Å². The fraction of sp³-hybridized carbons (Fsp3) is 0.738. The van der Waals surface area contributed by atoms with E-state index in [0.717, 1.165) is 96.3 Å². The molecule has 0 saturated carbocycles. The fourth-order valence-corrected chi connectivity index (χ4v) is 8.34. The molecule has 408 valence electrons. The lowest BCUT2D eigenvalue weighted by atomic mass is 10.1. The zero-order valence-corrected chi connectivity index (χ0v) is 46.7. The van der Waals surface area contributed by atoms with Gasteiger partial charge in [-0.15, -0.1) is 0 Å². The first-order valence-electron chi connectivity index (χ1n) is 30.1. The van der Waals surface area contributed by atoms with Crippen molar-refractivity contribution in [1.29, 1.82) is 0 Å². The fourth-order valence-electron chi connectivity index (χ4n) is 8.34. The average molecular weight is 990 g/mol. The Morgan fingerprint density at radius 3 is 0.901 bits per heavy atom. The van der Waals surface area contributed by atoms with Gasteiger partial charge >= 0.3 is 17.9 Å². The lowest BCUT2D eigenvalue weighted by molar-refractivity contribution is -0.167. The largest absolute Gasteiger partial charge is 0.462 e. The van der Waals surface area contributed by atoms with Crippen molar-refractivity contribution in [3.05, 3.63) is 85.1 Å². The SMILES string of the molecule is CC/C=C\C/C=C\C/C=C\C/C=C\C/C=C\CCCCCC(=O)OC[C@H](COC(=O)CCCCCCCCCCC/C=C\CCCCCCCC)OC(=O)CCCCCCCCC/C=C\CCCCCC. The zero-order valence-electron chi connectivity index (χ0n) is 46.7. The molecule has 0 radical (unpaired) electrons. The highest BCUT2D eigenvalue weighted by Gasteiger charge is 2.19. The number of carbonyl (C=O) groups is 3. The van der Waals surface area contributed by atoms with E-state index in [1.165, 1.54) is 154 Å². The highest BCUT2D eigenvalue weighted by molar-refractivity contribution is 5.71. The Hall–Kier alpha value is -3.41. The van der Waals surface area contributed by atoms with E-state index < -0.39 is 6.10 Å². The normalized spacial score (nSPS) is 12.7. The molecule has 0 aliphatic rings. The van der Waals surface area contributed by atoms with Crippen molar-refractivity contribution in [3.8, 4) is 0 Å². The smallest absolute Gasteiger partial charge is 0.306 e. The molecule has 0 aromatic carbocycles. The molecule has 0 saturated heterocycles. The summed E-state index contributed by atoms with van der Waals surface area (Å²) in [4.78, 5) is 38.2. The van der Waals surface area contributed by atoms with Gasteiger partial charge in [0.2, 0.25) is 0 Å². The first kappa shape index (κ1) is 67.6. The van der Waals surface area contributed by atoms with Gasteiger partial charge in [0.25, 0.3) is 0 Å². The third-order valence-corrected chi connectivity index (χ3v) is 12.9. The minimum Gasteiger partial charge on any atom is -0.462 e. The number of esters is 3. The van der Waals surface area contributed by atoms with Crippen molar-refractivity contribution in [2.75, 3.05) is 13.2 Å². The number of unbranched alkanes of at least 4 members (excludes halogenated alkanes) is 29. The van der Waals surface area contributed by atoms with Gasteiger partial charge in [0.05, 0.1) is 0 Å². The van der Waals surface area contributed by atoms with E-state index in [1.54, 1.807) is 0 Å². The van der Waals surface area contributed by atoms with Crippen LogP contribution in [0.4, 0.5) is 0 Å². The van der Waals surface area contributed by atoms with Crippen LogP contribution < -0.4 is 0 Å². The molecule has 0 bridgehead atoms. The van der Waals surface area contributed by atoms with Crippen molar-refractivity contribution in [2.24, 2.45) is 0 Å². The molecule has 1 atom stereocenters. The van der Waals surface area contributed by atoms with Crippen LogP contribution in [0.5, 0.6) is 0 Å². The Balaban J connectivity index is 4.43. The van der Waals surface area contributed by atoms with E-state index in [1.807, 2.05) is 0 Å². The Bertz CT molecular complexity index is 1370. The second-order valence-electron chi connectivity index (χ2n) is 19.9. The van der Waals surface area contributed by atoms with Gasteiger partial charge in [-0.05, 0) is 116 Å². The molecule has 0 spiro atoms. The Morgan fingerprint density at radius 1 is 0.296 bits per heavy atom. The Labute approximate surface area is 439 Å². The third kappa shape index (κ3) is 57.4. The van der Waals surface area contributed by atoms with E-state index >= 15 is 0 Å².